The van der Waals surface area contributed by atoms with E-state index in [1.807, 2.05) is 21.6 Å². The molecule has 0 spiro atoms. The molecule has 13 heavy (non-hydrogen) atoms. The van der Waals surface area contributed by atoms with E-state index < -0.39 is 0 Å². The first-order valence-electron chi connectivity index (χ1n) is 5.23. The maximum absolute atomic E-state index is 2.32. The molecule has 1 atom stereocenters. The van der Waals surface area contributed by atoms with Crippen molar-refractivity contribution in [1.82, 2.24) is 0 Å². The van der Waals surface area contributed by atoms with Crippen LogP contribution < -0.4 is 0 Å². The van der Waals surface area contributed by atoms with Gasteiger partial charge in [-0.15, -0.1) is 0 Å². The lowest BCUT2D eigenvalue weighted by atomic mass is 9.93. The molecule has 0 N–H and O–H groups in total. The molecule has 0 bridgehead atoms. The van der Waals surface area contributed by atoms with Gasteiger partial charge in [-0.3, -0.25) is 0 Å². The molecule has 1 heterocycles. The summed E-state index contributed by atoms with van der Waals surface area (Å²) in [5, 5.41) is 0. The van der Waals surface area contributed by atoms with Crippen molar-refractivity contribution in [3.05, 3.63) is 10.5 Å². The van der Waals surface area contributed by atoms with Crippen molar-refractivity contribution in [3.8, 4) is 0 Å². The van der Waals surface area contributed by atoms with Gasteiger partial charge in [-0.1, -0.05) is 54.9 Å². The number of rotatable bonds is 3. The maximum Gasteiger partial charge on any atom is 0.0106 e. The second kappa shape index (κ2) is 5.35. The fourth-order valence-electron chi connectivity index (χ4n) is 1.83. The maximum atomic E-state index is 2.32. The fourth-order valence-corrected chi connectivity index (χ4v) is 5.21. The van der Waals surface area contributed by atoms with Crippen LogP contribution >= 0.6 is 21.6 Å². The summed E-state index contributed by atoms with van der Waals surface area (Å²) in [7, 11) is 4.06. The van der Waals surface area contributed by atoms with Gasteiger partial charge in [-0.25, -0.2) is 0 Å². The summed E-state index contributed by atoms with van der Waals surface area (Å²) in [5.74, 6) is 2.90. The Hall–Kier alpha value is 0.440. The van der Waals surface area contributed by atoms with Crippen LogP contribution in [0.3, 0.4) is 0 Å². The zero-order valence-electron chi connectivity index (χ0n) is 9.09. The van der Waals surface area contributed by atoms with E-state index in [1.54, 1.807) is 10.5 Å². The lowest BCUT2D eigenvalue weighted by Crippen LogP contribution is -2.12. The number of allylic oxidation sites excluding steroid dienone is 2. The molecule has 0 aromatic rings. The molecule has 76 valence electrons. The van der Waals surface area contributed by atoms with Crippen molar-refractivity contribution in [2.45, 2.75) is 40.5 Å². The Balaban J connectivity index is 2.88. The Labute approximate surface area is 90.3 Å². The molecular weight excluding hydrogens is 196 g/mol. The van der Waals surface area contributed by atoms with Gasteiger partial charge >= 0.3 is 0 Å². The minimum Gasteiger partial charge on any atom is -0.0886 e. The molecule has 0 amide bonds. The summed E-state index contributed by atoms with van der Waals surface area (Å²) < 4.78 is 0. The SMILES string of the molecule is CCC1=C(C(C)C)SSCC1CC. The van der Waals surface area contributed by atoms with Crippen LogP contribution in [0.2, 0.25) is 0 Å². The third-order valence-electron chi connectivity index (χ3n) is 2.63. The van der Waals surface area contributed by atoms with Gasteiger partial charge in [-0.2, -0.15) is 0 Å². The van der Waals surface area contributed by atoms with E-state index in [0.717, 1.165) is 11.8 Å². The van der Waals surface area contributed by atoms with Gasteiger partial charge in [0, 0.05) is 5.75 Å². The summed E-state index contributed by atoms with van der Waals surface area (Å²) in [4.78, 5) is 1.66. The largest absolute Gasteiger partial charge is 0.0886 e. The van der Waals surface area contributed by atoms with Crippen LogP contribution in [0.1, 0.15) is 40.5 Å². The first-order chi connectivity index (χ1) is 6.20. The van der Waals surface area contributed by atoms with E-state index in [2.05, 4.69) is 27.7 Å². The Morgan fingerprint density at radius 2 is 2.08 bits per heavy atom. The van der Waals surface area contributed by atoms with Crippen molar-refractivity contribution < 1.29 is 0 Å². The third-order valence-corrected chi connectivity index (χ3v) is 5.50. The smallest absolute Gasteiger partial charge is 0.0106 e. The summed E-state index contributed by atoms with van der Waals surface area (Å²) >= 11 is 0. The first kappa shape index (κ1) is 11.5. The van der Waals surface area contributed by atoms with Crippen LogP contribution in [0.15, 0.2) is 10.5 Å². The monoisotopic (exact) mass is 216 g/mol. The van der Waals surface area contributed by atoms with Gasteiger partial charge in [0.1, 0.15) is 0 Å². The van der Waals surface area contributed by atoms with Crippen molar-refractivity contribution in [2.75, 3.05) is 5.75 Å². The van der Waals surface area contributed by atoms with Gasteiger partial charge in [0.2, 0.25) is 0 Å². The highest BCUT2D eigenvalue weighted by Crippen LogP contribution is 2.46. The second-order valence-electron chi connectivity index (χ2n) is 3.87. The predicted molar refractivity (Wildman–Crippen MR) is 66.0 cm³/mol. The Bertz CT molecular complexity index is 194. The zero-order chi connectivity index (χ0) is 9.84. The molecule has 1 aliphatic heterocycles. The van der Waals surface area contributed by atoms with Crippen molar-refractivity contribution in [1.29, 1.82) is 0 Å². The minimum atomic E-state index is 0.724. The van der Waals surface area contributed by atoms with E-state index >= 15 is 0 Å². The van der Waals surface area contributed by atoms with Crippen LogP contribution in [0.25, 0.3) is 0 Å². The average molecular weight is 216 g/mol. The summed E-state index contributed by atoms with van der Waals surface area (Å²) in [6.45, 7) is 9.25. The first-order valence-corrected chi connectivity index (χ1v) is 7.54. The van der Waals surface area contributed by atoms with Crippen LogP contribution in [0, 0.1) is 11.8 Å². The van der Waals surface area contributed by atoms with Crippen molar-refractivity contribution >= 4 is 21.6 Å². The highest BCUT2D eigenvalue weighted by atomic mass is 33.1. The normalized spacial score (nSPS) is 24.2. The Morgan fingerprint density at radius 1 is 1.38 bits per heavy atom. The van der Waals surface area contributed by atoms with E-state index in [1.165, 1.54) is 18.6 Å². The number of hydrogen-bond donors (Lipinski definition) is 0. The van der Waals surface area contributed by atoms with Gasteiger partial charge in [-0.05, 0) is 29.6 Å². The molecular formula is C11H20S2. The van der Waals surface area contributed by atoms with Crippen molar-refractivity contribution in [2.24, 2.45) is 11.8 Å². The lowest BCUT2D eigenvalue weighted by molar-refractivity contribution is 0.624. The van der Waals surface area contributed by atoms with Crippen molar-refractivity contribution in [3.63, 3.8) is 0 Å². The molecule has 0 aromatic heterocycles. The molecule has 0 fully saturated rings. The summed E-state index contributed by atoms with van der Waals surface area (Å²) in [5.41, 5.74) is 1.74. The highest BCUT2D eigenvalue weighted by molar-refractivity contribution is 8.78. The van der Waals surface area contributed by atoms with Gasteiger partial charge < -0.3 is 0 Å². The van der Waals surface area contributed by atoms with Gasteiger partial charge in [0.25, 0.3) is 0 Å². The molecule has 0 nitrogen and oxygen atoms in total. The Kier molecular flexibility index (Phi) is 4.74. The van der Waals surface area contributed by atoms with E-state index in [-0.39, 0.29) is 0 Å². The van der Waals surface area contributed by atoms with E-state index in [4.69, 9.17) is 0 Å². The van der Waals surface area contributed by atoms with Gasteiger partial charge in [0.05, 0.1) is 0 Å². The average Bonchev–Trinajstić information content (AvgIpc) is 2.16. The van der Waals surface area contributed by atoms with Crippen LogP contribution in [-0.4, -0.2) is 5.75 Å². The fraction of sp³-hybridized carbons (Fsp3) is 0.818. The topological polar surface area (TPSA) is 0 Å². The summed E-state index contributed by atoms with van der Waals surface area (Å²) in [6.07, 6.45) is 2.56. The summed E-state index contributed by atoms with van der Waals surface area (Å²) in [6, 6.07) is 0. The Morgan fingerprint density at radius 3 is 2.54 bits per heavy atom. The molecule has 0 radical (unpaired) electrons. The molecule has 1 unspecified atom stereocenters. The molecule has 0 saturated heterocycles. The van der Waals surface area contributed by atoms with Gasteiger partial charge in [0.15, 0.2) is 0 Å². The number of hydrogen-bond acceptors (Lipinski definition) is 2. The van der Waals surface area contributed by atoms with E-state index in [9.17, 15) is 0 Å². The minimum absolute atomic E-state index is 0.724. The zero-order valence-corrected chi connectivity index (χ0v) is 10.7. The second-order valence-corrected chi connectivity index (χ2v) is 6.25. The third kappa shape index (κ3) is 2.69. The highest BCUT2D eigenvalue weighted by Gasteiger charge is 2.22. The quantitative estimate of drug-likeness (QED) is 0.626. The predicted octanol–water partition coefficient (Wildman–Crippen LogP) is 4.73. The van der Waals surface area contributed by atoms with Crippen LogP contribution in [0.4, 0.5) is 0 Å². The molecule has 0 aromatic carbocycles. The molecule has 1 aliphatic rings. The molecule has 0 saturated carbocycles. The molecule has 2 heteroatoms. The van der Waals surface area contributed by atoms with E-state index in [0.29, 0.717) is 0 Å². The van der Waals surface area contributed by atoms with Crippen LogP contribution in [-0.2, 0) is 0 Å². The molecule has 0 aliphatic carbocycles. The standard InChI is InChI=1S/C11H20S2/c1-5-9-7-12-13-11(8(3)4)10(9)6-2/h8-9H,5-7H2,1-4H3. The van der Waals surface area contributed by atoms with Crippen LogP contribution in [0.5, 0.6) is 0 Å². The lowest BCUT2D eigenvalue weighted by Gasteiger charge is -2.28. The molecule has 1 rings (SSSR count).